The Balaban J connectivity index is 2.28. The fourth-order valence-corrected chi connectivity index (χ4v) is 1.81. The van der Waals surface area contributed by atoms with Crippen molar-refractivity contribution in [3.8, 4) is 0 Å². The van der Waals surface area contributed by atoms with Crippen molar-refractivity contribution in [3.63, 3.8) is 0 Å². The number of nitrogens with zero attached hydrogens (tertiary/aromatic N) is 2. The van der Waals surface area contributed by atoms with E-state index in [4.69, 9.17) is 0 Å². The van der Waals surface area contributed by atoms with E-state index in [9.17, 15) is 18.4 Å². The Hall–Kier alpha value is -2.83. The molecule has 0 aliphatic rings. The molecule has 0 aliphatic carbocycles. The van der Waals surface area contributed by atoms with Gasteiger partial charge in [0.05, 0.1) is 12.9 Å². The highest BCUT2D eigenvalue weighted by atomic mass is 19.2. The second-order valence-electron chi connectivity index (χ2n) is 4.49. The predicted molar refractivity (Wildman–Crippen MR) is 76.5 cm³/mol. The molecule has 0 saturated carbocycles. The summed E-state index contributed by atoms with van der Waals surface area (Å²) in [5, 5.41) is 2.48. The third kappa shape index (κ3) is 3.43. The fourth-order valence-electron chi connectivity index (χ4n) is 1.81. The number of rotatable bonds is 5. The lowest BCUT2D eigenvalue weighted by Crippen LogP contribution is -2.33. The van der Waals surface area contributed by atoms with Gasteiger partial charge >= 0.3 is 0 Å². The van der Waals surface area contributed by atoms with Gasteiger partial charge < -0.3 is 5.32 Å². The molecule has 5 nitrogen and oxygen atoms in total. The van der Waals surface area contributed by atoms with E-state index < -0.39 is 23.1 Å². The number of aromatic nitrogens is 2. The van der Waals surface area contributed by atoms with Crippen molar-refractivity contribution in [3.05, 3.63) is 76.5 Å². The molecular weight excluding hydrogens is 292 g/mol. The number of hydrogen-bond acceptors (Lipinski definition) is 3. The van der Waals surface area contributed by atoms with Crippen LogP contribution < -0.4 is 10.9 Å². The summed E-state index contributed by atoms with van der Waals surface area (Å²) in [6.07, 6.45) is 3.87. The van der Waals surface area contributed by atoms with Gasteiger partial charge in [-0.25, -0.2) is 13.8 Å². The van der Waals surface area contributed by atoms with Gasteiger partial charge in [-0.3, -0.25) is 14.2 Å². The summed E-state index contributed by atoms with van der Waals surface area (Å²) in [7, 11) is 0. The highest BCUT2D eigenvalue weighted by Crippen LogP contribution is 2.09. The van der Waals surface area contributed by atoms with Gasteiger partial charge in [0.15, 0.2) is 11.6 Å². The number of carbonyl (C=O) groups excluding carboxylic acids is 1. The molecule has 1 N–H and O–H groups in total. The summed E-state index contributed by atoms with van der Waals surface area (Å²) in [5.41, 5.74) is -0.320. The Kier molecular flexibility index (Phi) is 4.77. The highest BCUT2D eigenvalue weighted by Gasteiger charge is 2.12. The van der Waals surface area contributed by atoms with Crippen LogP contribution >= 0.6 is 0 Å². The normalized spacial score (nSPS) is 10.3. The van der Waals surface area contributed by atoms with E-state index >= 15 is 0 Å². The SMILES string of the molecule is C=CCNC(=O)c1cncn(Cc2ccc(F)c(F)c2)c1=O. The van der Waals surface area contributed by atoms with Crippen LogP contribution in [0, 0.1) is 11.6 Å². The van der Waals surface area contributed by atoms with Crippen LogP contribution in [0.3, 0.4) is 0 Å². The van der Waals surface area contributed by atoms with Crippen molar-refractivity contribution >= 4 is 5.91 Å². The van der Waals surface area contributed by atoms with Crippen molar-refractivity contribution < 1.29 is 13.6 Å². The van der Waals surface area contributed by atoms with Crippen molar-refractivity contribution in [1.82, 2.24) is 14.9 Å². The van der Waals surface area contributed by atoms with E-state index in [1.807, 2.05) is 0 Å². The third-order valence-electron chi connectivity index (χ3n) is 2.89. The van der Waals surface area contributed by atoms with E-state index in [1.165, 1.54) is 18.5 Å². The molecule has 0 radical (unpaired) electrons. The Labute approximate surface area is 124 Å². The first-order valence-corrected chi connectivity index (χ1v) is 6.40. The zero-order valence-electron chi connectivity index (χ0n) is 11.6. The van der Waals surface area contributed by atoms with Crippen LogP contribution in [0.25, 0.3) is 0 Å². The first-order valence-electron chi connectivity index (χ1n) is 6.40. The van der Waals surface area contributed by atoms with Gasteiger partial charge in [0.25, 0.3) is 11.5 Å². The number of hydrogen-bond donors (Lipinski definition) is 1. The average Bonchev–Trinajstić information content (AvgIpc) is 2.50. The lowest BCUT2D eigenvalue weighted by molar-refractivity contribution is 0.0955. The Morgan fingerprint density at radius 1 is 1.36 bits per heavy atom. The highest BCUT2D eigenvalue weighted by molar-refractivity contribution is 5.93. The maximum atomic E-state index is 13.2. The maximum Gasteiger partial charge on any atom is 0.266 e. The Morgan fingerprint density at radius 3 is 2.82 bits per heavy atom. The molecule has 0 spiro atoms. The molecule has 2 aromatic rings. The lowest BCUT2D eigenvalue weighted by Gasteiger charge is -2.08. The van der Waals surface area contributed by atoms with Crippen LogP contribution in [0.5, 0.6) is 0 Å². The molecule has 1 aromatic carbocycles. The van der Waals surface area contributed by atoms with E-state index in [0.29, 0.717) is 5.56 Å². The average molecular weight is 305 g/mol. The van der Waals surface area contributed by atoms with Crippen molar-refractivity contribution in [2.45, 2.75) is 6.54 Å². The van der Waals surface area contributed by atoms with Crippen LogP contribution in [0.1, 0.15) is 15.9 Å². The number of carbonyl (C=O) groups is 1. The third-order valence-corrected chi connectivity index (χ3v) is 2.89. The van der Waals surface area contributed by atoms with E-state index in [0.717, 1.165) is 22.9 Å². The maximum absolute atomic E-state index is 13.2. The fraction of sp³-hybridized carbons (Fsp3) is 0.133. The van der Waals surface area contributed by atoms with Gasteiger partial charge in [0, 0.05) is 12.7 Å². The minimum atomic E-state index is -1.00. The van der Waals surface area contributed by atoms with Gasteiger partial charge in [-0.15, -0.1) is 6.58 Å². The smallest absolute Gasteiger partial charge is 0.266 e. The number of halogens is 2. The Morgan fingerprint density at radius 2 is 2.14 bits per heavy atom. The molecule has 0 unspecified atom stereocenters. The van der Waals surface area contributed by atoms with Crippen LogP contribution in [-0.4, -0.2) is 22.0 Å². The number of nitrogens with one attached hydrogen (secondary N) is 1. The van der Waals surface area contributed by atoms with Gasteiger partial charge in [0.2, 0.25) is 0 Å². The molecule has 2 rings (SSSR count). The van der Waals surface area contributed by atoms with Crippen molar-refractivity contribution in [1.29, 1.82) is 0 Å². The van der Waals surface area contributed by atoms with Gasteiger partial charge in [-0.05, 0) is 17.7 Å². The molecular formula is C15H13F2N3O2. The molecule has 1 amide bonds. The molecule has 7 heteroatoms. The first-order chi connectivity index (χ1) is 10.5. The van der Waals surface area contributed by atoms with Gasteiger partial charge in [0.1, 0.15) is 5.56 Å². The van der Waals surface area contributed by atoms with Gasteiger partial charge in [-0.2, -0.15) is 0 Å². The molecule has 1 heterocycles. The molecule has 0 bridgehead atoms. The minimum Gasteiger partial charge on any atom is -0.348 e. The van der Waals surface area contributed by atoms with Gasteiger partial charge in [-0.1, -0.05) is 12.1 Å². The minimum absolute atomic E-state index is 0.0222. The molecule has 22 heavy (non-hydrogen) atoms. The molecule has 114 valence electrons. The van der Waals surface area contributed by atoms with E-state index in [1.54, 1.807) is 0 Å². The van der Waals surface area contributed by atoms with Crippen LogP contribution in [0.2, 0.25) is 0 Å². The second kappa shape index (κ2) is 6.75. The lowest BCUT2D eigenvalue weighted by atomic mass is 10.2. The molecule has 0 fully saturated rings. The summed E-state index contributed by atoms with van der Waals surface area (Å²) in [4.78, 5) is 27.8. The summed E-state index contributed by atoms with van der Waals surface area (Å²) < 4.78 is 27.2. The van der Waals surface area contributed by atoms with Crippen LogP contribution in [0.4, 0.5) is 8.78 Å². The summed E-state index contributed by atoms with van der Waals surface area (Å²) in [5.74, 6) is -2.54. The largest absolute Gasteiger partial charge is 0.348 e. The molecule has 0 saturated heterocycles. The van der Waals surface area contributed by atoms with Crippen LogP contribution in [0.15, 0.2) is 48.2 Å². The van der Waals surface area contributed by atoms with Crippen molar-refractivity contribution in [2.24, 2.45) is 0 Å². The first kappa shape index (κ1) is 15.6. The zero-order valence-corrected chi connectivity index (χ0v) is 11.6. The summed E-state index contributed by atoms with van der Waals surface area (Å²) in [6.45, 7) is 3.65. The monoisotopic (exact) mass is 305 g/mol. The number of benzene rings is 1. The topological polar surface area (TPSA) is 64.0 Å². The quantitative estimate of drug-likeness (QED) is 0.851. The van der Waals surface area contributed by atoms with E-state index in [-0.39, 0.29) is 18.7 Å². The number of amides is 1. The summed E-state index contributed by atoms with van der Waals surface area (Å²) >= 11 is 0. The molecule has 0 atom stereocenters. The second-order valence-corrected chi connectivity index (χ2v) is 4.49. The van der Waals surface area contributed by atoms with Crippen LogP contribution in [-0.2, 0) is 6.54 Å². The molecule has 1 aromatic heterocycles. The predicted octanol–water partition coefficient (Wildman–Crippen LogP) is 1.49. The standard InChI is InChI=1S/C15H13F2N3O2/c1-2-5-19-14(21)11-7-18-9-20(15(11)22)8-10-3-4-12(16)13(17)6-10/h2-4,6-7,9H,1,5,8H2,(H,19,21). The van der Waals surface area contributed by atoms with E-state index in [2.05, 4.69) is 16.9 Å². The van der Waals surface area contributed by atoms with Crippen molar-refractivity contribution in [2.75, 3.05) is 6.54 Å². The summed E-state index contributed by atoms with van der Waals surface area (Å²) in [6, 6.07) is 3.32. The molecule has 0 aliphatic heterocycles. The Bertz CT molecular complexity index is 772. The zero-order chi connectivity index (χ0) is 16.1.